The van der Waals surface area contributed by atoms with Gasteiger partial charge in [-0.3, -0.25) is 14.5 Å². The van der Waals surface area contributed by atoms with E-state index < -0.39 is 11.3 Å². The summed E-state index contributed by atoms with van der Waals surface area (Å²) in [6, 6.07) is 5.60. The van der Waals surface area contributed by atoms with Gasteiger partial charge in [-0.1, -0.05) is 12.1 Å². The Morgan fingerprint density at radius 3 is 2.44 bits per heavy atom. The van der Waals surface area contributed by atoms with Crippen LogP contribution in [0.4, 0.5) is 4.39 Å². The number of primary amides is 1. The number of rotatable bonds is 5. The maximum absolute atomic E-state index is 13.1. The lowest BCUT2D eigenvalue weighted by Gasteiger charge is -2.27. The first-order chi connectivity index (χ1) is 12.0. The summed E-state index contributed by atoms with van der Waals surface area (Å²) in [5, 5.41) is 0. The highest BCUT2D eigenvalue weighted by atomic mass is 19.1. The third-order valence-corrected chi connectivity index (χ3v) is 4.28. The maximum Gasteiger partial charge on any atom is 0.254 e. The number of halogens is 1. The Morgan fingerprint density at radius 1 is 1.12 bits per heavy atom. The Bertz CT molecular complexity index is 811. The van der Waals surface area contributed by atoms with Crippen LogP contribution in [0.3, 0.4) is 0 Å². The highest BCUT2D eigenvalue weighted by Gasteiger charge is 2.15. The fourth-order valence-corrected chi connectivity index (χ4v) is 2.85. The van der Waals surface area contributed by atoms with Gasteiger partial charge in [0, 0.05) is 44.1 Å². The Balaban J connectivity index is 1.91. The Kier molecular flexibility index (Phi) is 5.25. The Labute approximate surface area is 144 Å². The van der Waals surface area contributed by atoms with Crippen molar-refractivity contribution in [1.82, 2.24) is 9.47 Å². The van der Waals surface area contributed by atoms with Gasteiger partial charge in [0.25, 0.3) is 5.91 Å². The fraction of sp³-hybridized carbons (Fsp3) is 0.333. The van der Waals surface area contributed by atoms with Gasteiger partial charge in [-0.05, 0) is 17.7 Å². The van der Waals surface area contributed by atoms with Gasteiger partial charge in [-0.25, -0.2) is 4.39 Å². The van der Waals surface area contributed by atoms with Crippen LogP contribution in [0.25, 0.3) is 11.1 Å². The summed E-state index contributed by atoms with van der Waals surface area (Å²) >= 11 is 0. The molecule has 0 saturated carbocycles. The largest absolute Gasteiger partial charge is 0.379 e. The van der Waals surface area contributed by atoms with Gasteiger partial charge in [-0.15, -0.1) is 0 Å². The monoisotopic (exact) mass is 345 g/mol. The number of carbonyl (C=O) groups is 1. The Hall–Kier alpha value is -2.51. The second-order valence-corrected chi connectivity index (χ2v) is 5.98. The highest BCUT2D eigenvalue weighted by Crippen LogP contribution is 2.17. The van der Waals surface area contributed by atoms with E-state index in [1.165, 1.54) is 30.5 Å². The van der Waals surface area contributed by atoms with Crippen molar-refractivity contribution in [2.24, 2.45) is 5.73 Å². The van der Waals surface area contributed by atoms with Gasteiger partial charge < -0.3 is 15.0 Å². The molecule has 0 spiro atoms. The van der Waals surface area contributed by atoms with Crippen molar-refractivity contribution in [2.75, 3.05) is 32.8 Å². The predicted octanol–water partition coefficient (Wildman–Crippen LogP) is 1.09. The molecule has 1 aliphatic heterocycles. The molecular weight excluding hydrogens is 325 g/mol. The van der Waals surface area contributed by atoms with E-state index in [0.29, 0.717) is 30.9 Å². The van der Waals surface area contributed by atoms with Gasteiger partial charge in [0.2, 0.25) is 5.43 Å². The summed E-state index contributed by atoms with van der Waals surface area (Å²) < 4.78 is 20.3. The van der Waals surface area contributed by atoms with Crippen LogP contribution in [0.2, 0.25) is 0 Å². The summed E-state index contributed by atoms with van der Waals surface area (Å²) in [6.07, 6.45) is 3.17. The number of ether oxygens (including phenoxy) is 1. The lowest BCUT2D eigenvalue weighted by molar-refractivity contribution is 0.0364. The van der Waals surface area contributed by atoms with Gasteiger partial charge in [0.15, 0.2) is 0 Å². The van der Waals surface area contributed by atoms with Crippen molar-refractivity contribution in [3.8, 4) is 11.1 Å². The van der Waals surface area contributed by atoms with Crippen molar-refractivity contribution >= 4 is 5.91 Å². The molecule has 2 N–H and O–H groups in total. The van der Waals surface area contributed by atoms with Crippen LogP contribution < -0.4 is 11.2 Å². The minimum absolute atomic E-state index is 0.0659. The smallest absolute Gasteiger partial charge is 0.254 e. The topological polar surface area (TPSA) is 77.6 Å². The molecule has 2 aromatic rings. The molecule has 1 saturated heterocycles. The van der Waals surface area contributed by atoms with Gasteiger partial charge in [0.05, 0.1) is 13.2 Å². The molecule has 1 aromatic carbocycles. The number of nitrogens with two attached hydrogens (primary N) is 1. The molecule has 0 unspecified atom stereocenters. The summed E-state index contributed by atoms with van der Waals surface area (Å²) in [7, 11) is 0. The van der Waals surface area contributed by atoms with Crippen LogP contribution in [0.1, 0.15) is 10.4 Å². The van der Waals surface area contributed by atoms with Crippen LogP contribution in [0, 0.1) is 5.82 Å². The van der Waals surface area contributed by atoms with Crippen LogP contribution >= 0.6 is 0 Å². The number of aromatic nitrogens is 1. The number of carbonyl (C=O) groups excluding carboxylic acids is 1. The fourth-order valence-electron chi connectivity index (χ4n) is 2.85. The van der Waals surface area contributed by atoms with Crippen LogP contribution in [-0.2, 0) is 11.3 Å². The minimum Gasteiger partial charge on any atom is -0.379 e. The van der Waals surface area contributed by atoms with Gasteiger partial charge >= 0.3 is 0 Å². The molecule has 3 rings (SSSR count). The minimum atomic E-state index is -0.769. The molecule has 25 heavy (non-hydrogen) atoms. The zero-order valence-corrected chi connectivity index (χ0v) is 13.8. The summed E-state index contributed by atoms with van der Waals surface area (Å²) in [6.45, 7) is 4.50. The molecule has 0 aliphatic carbocycles. The second kappa shape index (κ2) is 7.58. The zero-order valence-electron chi connectivity index (χ0n) is 13.8. The predicted molar refractivity (Wildman–Crippen MR) is 91.9 cm³/mol. The summed E-state index contributed by atoms with van der Waals surface area (Å²) in [5.74, 6) is -1.16. The van der Waals surface area contributed by atoms with Crippen molar-refractivity contribution in [3.05, 3.63) is 58.3 Å². The van der Waals surface area contributed by atoms with Crippen LogP contribution in [0.15, 0.2) is 41.5 Å². The SMILES string of the molecule is NC(=O)c1cn(CCN2CCOCC2)cc(-c2ccc(F)cc2)c1=O. The number of benzene rings is 1. The number of morpholine rings is 1. The van der Waals surface area contributed by atoms with E-state index in [2.05, 4.69) is 4.90 Å². The lowest BCUT2D eigenvalue weighted by atomic mass is 10.0. The number of hydrogen-bond donors (Lipinski definition) is 1. The number of pyridine rings is 1. The molecule has 1 fully saturated rings. The second-order valence-electron chi connectivity index (χ2n) is 5.98. The number of nitrogens with zero attached hydrogens (tertiary/aromatic N) is 2. The van der Waals surface area contributed by atoms with E-state index in [9.17, 15) is 14.0 Å². The summed E-state index contributed by atoms with van der Waals surface area (Å²) in [4.78, 5) is 26.4. The van der Waals surface area contributed by atoms with Crippen molar-refractivity contribution in [2.45, 2.75) is 6.54 Å². The molecule has 0 bridgehead atoms. The third-order valence-electron chi connectivity index (χ3n) is 4.28. The quantitative estimate of drug-likeness (QED) is 0.880. The molecule has 0 atom stereocenters. The molecule has 1 aliphatic rings. The van der Waals surface area contributed by atoms with Crippen LogP contribution in [-0.4, -0.2) is 48.2 Å². The average molecular weight is 345 g/mol. The standard InChI is InChI=1S/C18H20FN3O3/c19-14-3-1-13(2-4-14)15-11-22(12-16(17(15)23)18(20)24)6-5-21-7-9-25-10-8-21/h1-4,11-12H,5-10H2,(H2,20,24). The number of hydrogen-bond acceptors (Lipinski definition) is 4. The molecule has 6 nitrogen and oxygen atoms in total. The van der Waals surface area contributed by atoms with E-state index in [1.54, 1.807) is 10.8 Å². The van der Waals surface area contributed by atoms with Crippen LogP contribution in [0.5, 0.6) is 0 Å². The van der Waals surface area contributed by atoms with Crippen molar-refractivity contribution < 1.29 is 13.9 Å². The number of amides is 1. The zero-order chi connectivity index (χ0) is 17.8. The first-order valence-corrected chi connectivity index (χ1v) is 8.14. The van der Waals surface area contributed by atoms with E-state index in [1.807, 2.05) is 0 Å². The molecule has 1 aromatic heterocycles. The summed E-state index contributed by atoms with van der Waals surface area (Å²) in [5.41, 5.74) is 5.73. The molecule has 1 amide bonds. The molecule has 0 radical (unpaired) electrons. The van der Waals surface area contributed by atoms with Gasteiger partial charge in [0.1, 0.15) is 11.4 Å². The van der Waals surface area contributed by atoms with E-state index >= 15 is 0 Å². The van der Waals surface area contributed by atoms with Crippen molar-refractivity contribution in [3.63, 3.8) is 0 Å². The first kappa shape index (κ1) is 17.3. The average Bonchev–Trinajstić information content (AvgIpc) is 2.62. The normalized spacial score (nSPS) is 15.2. The maximum atomic E-state index is 13.1. The molecular formula is C18H20FN3O3. The first-order valence-electron chi connectivity index (χ1n) is 8.14. The third kappa shape index (κ3) is 4.12. The molecule has 132 valence electrons. The highest BCUT2D eigenvalue weighted by molar-refractivity contribution is 5.93. The van der Waals surface area contributed by atoms with E-state index in [4.69, 9.17) is 10.5 Å². The Morgan fingerprint density at radius 2 is 1.80 bits per heavy atom. The van der Waals surface area contributed by atoms with Gasteiger partial charge in [-0.2, -0.15) is 0 Å². The lowest BCUT2D eigenvalue weighted by Crippen LogP contribution is -2.38. The van der Waals surface area contributed by atoms with E-state index in [0.717, 1.165) is 19.6 Å². The molecule has 2 heterocycles. The van der Waals surface area contributed by atoms with Crippen molar-refractivity contribution in [1.29, 1.82) is 0 Å². The van der Waals surface area contributed by atoms with E-state index in [-0.39, 0.29) is 11.4 Å². The molecule has 7 heteroatoms.